The lowest BCUT2D eigenvalue weighted by Gasteiger charge is -2.28. The Bertz CT molecular complexity index is 1400. The number of nitrogens with zero attached hydrogens (tertiary/aromatic N) is 4. The van der Waals surface area contributed by atoms with Crippen molar-refractivity contribution in [3.8, 4) is 33.9 Å². The van der Waals surface area contributed by atoms with Gasteiger partial charge in [-0.2, -0.15) is 0 Å². The third-order valence-corrected chi connectivity index (χ3v) is 6.22. The SMILES string of the molecule is CC(C)(C)OC=O.COc1ccc(-c2ccc3ncnc(-c4ccc(N5CCNCC5)nc4)c3c2)cc1OC. The first-order valence-electron chi connectivity index (χ1n) is 12.8. The van der Waals surface area contributed by atoms with E-state index in [0.29, 0.717) is 18.0 Å². The van der Waals surface area contributed by atoms with E-state index in [1.165, 1.54) is 0 Å². The van der Waals surface area contributed by atoms with Gasteiger partial charge >= 0.3 is 0 Å². The number of pyridine rings is 1. The molecule has 39 heavy (non-hydrogen) atoms. The fourth-order valence-corrected chi connectivity index (χ4v) is 4.23. The van der Waals surface area contributed by atoms with Crippen LogP contribution in [-0.2, 0) is 9.53 Å². The summed E-state index contributed by atoms with van der Waals surface area (Å²) in [6, 6.07) is 16.3. The van der Waals surface area contributed by atoms with Crippen LogP contribution in [0.2, 0.25) is 0 Å². The van der Waals surface area contributed by atoms with Crippen molar-refractivity contribution in [1.82, 2.24) is 20.3 Å². The molecule has 0 aliphatic carbocycles. The van der Waals surface area contributed by atoms with Gasteiger partial charge in [-0.3, -0.25) is 4.79 Å². The molecule has 1 saturated heterocycles. The molecule has 0 spiro atoms. The lowest BCUT2D eigenvalue weighted by molar-refractivity contribution is -0.138. The molecule has 3 heterocycles. The van der Waals surface area contributed by atoms with E-state index in [1.807, 2.05) is 51.2 Å². The molecule has 0 atom stereocenters. The molecule has 0 radical (unpaired) electrons. The average Bonchev–Trinajstić information content (AvgIpc) is 2.96. The number of ether oxygens (including phenoxy) is 3. The van der Waals surface area contributed by atoms with Crippen molar-refractivity contribution in [3.05, 3.63) is 61.1 Å². The van der Waals surface area contributed by atoms with Gasteiger partial charge in [0.2, 0.25) is 0 Å². The van der Waals surface area contributed by atoms with E-state index in [2.05, 4.69) is 49.2 Å². The van der Waals surface area contributed by atoms with E-state index in [1.54, 1.807) is 20.5 Å². The predicted octanol–water partition coefficient (Wildman–Crippen LogP) is 4.74. The highest BCUT2D eigenvalue weighted by Gasteiger charge is 2.14. The Morgan fingerprint density at radius 1 is 0.846 bits per heavy atom. The van der Waals surface area contributed by atoms with Crippen molar-refractivity contribution in [2.75, 3.05) is 45.3 Å². The standard InChI is InChI=1S/C25H25N5O2.C5H10O2/c1-31-22-7-4-18(14-23(22)32-2)17-3-6-21-20(13-17)25(29-16-28-21)19-5-8-24(27-15-19)30-11-9-26-10-12-30;1-5(2,3)7-4-6/h3-8,13-16,26H,9-12H2,1-2H3;4H,1-3H3. The predicted molar refractivity (Wildman–Crippen MR) is 153 cm³/mol. The van der Waals surface area contributed by atoms with E-state index >= 15 is 0 Å². The molecule has 0 bridgehead atoms. The number of carbonyl (C=O) groups is 1. The fraction of sp³-hybridized carbons (Fsp3) is 0.333. The number of fused-ring (bicyclic) bond motifs is 1. The van der Waals surface area contributed by atoms with Crippen LogP contribution in [0, 0.1) is 0 Å². The Morgan fingerprint density at radius 2 is 1.54 bits per heavy atom. The van der Waals surface area contributed by atoms with Crippen LogP contribution in [0.1, 0.15) is 20.8 Å². The van der Waals surface area contributed by atoms with Crippen molar-refractivity contribution in [2.45, 2.75) is 26.4 Å². The number of rotatable bonds is 6. The topological polar surface area (TPSA) is 98.7 Å². The van der Waals surface area contributed by atoms with Gasteiger partial charge in [-0.05, 0) is 68.3 Å². The number of carbonyl (C=O) groups excluding carboxylic acids is 1. The maximum Gasteiger partial charge on any atom is 0.293 e. The van der Waals surface area contributed by atoms with Crippen LogP contribution in [0.5, 0.6) is 11.5 Å². The molecule has 204 valence electrons. The molecule has 1 fully saturated rings. The number of hydrogen-bond donors (Lipinski definition) is 1. The number of anilines is 1. The van der Waals surface area contributed by atoms with Crippen LogP contribution in [0.15, 0.2) is 61.1 Å². The number of hydrogen-bond acceptors (Lipinski definition) is 9. The van der Waals surface area contributed by atoms with E-state index in [4.69, 9.17) is 14.5 Å². The highest BCUT2D eigenvalue weighted by Crippen LogP contribution is 2.35. The molecule has 0 amide bonds. The zero-order valence-corrected chi connectivity index (χ0v) is 23.1. The molecule has 9 nitrogen and oxygen atoms in total. The smallest absolute Gasteiger partial charge is 0.293 e. The summed E-state index contributed by atoms with van der Waals surface area (Å²) in [5.41, 5.74) is 4.51. The number of nitrogens with one attached hydrogen (secondary N) is 1. The van der Waals surface area contributed by atoms with Crippen molar-refractivity contribution in [1.29, 1.82) is 0 Å². The number of benzene rings is 2. The maximum atomic E-state index is 9.60. The van der Waals surface area contributed by atoms with Crippen molar-refractivity contribution < 1.29 is 19.0 Å². The second-order valence-electron chi connectivity index (χ2n) is 9.99. The largest absolute Gasteiger partial charge is 0.493 e. The van der Waals surface area contributed by atoms with Gasteiger partial charge in [-0.15, -0.1) is 0 Å². The Kier molecular flexibility index (Phi) is 8.93. The van der Waals surface area contributed by atoms with E-state index in [9.17, 15) is 4.79 Å². The van der Waals surface area contributed by atoms with Crippen molar-refractivity contribution in [2.24, 2.45) is 0 Å². The van der Waals surface area contributed by atoms with Gasteiger partial charge in [0.1, 0.15) is 17.7 Å². The molecule has 1 aliphatic heterocycles. The summed E-state index contributed by atoms with van der Waals surface area (Å²) in [6.07, 6.45) is 3.51. The number of piperazine rings is 1. The van der Waals surface area contributed by atoms with Crippen molar-refractivity contribution >= 4 is 23.2 Å². The summed E-state index contributed by atoms with van der Waals surface area (Å²) < 4.78 is 15.4. The minimum Gasteiger partial charge on any atom is -0.493 e. The Morgan fingerprint density at radius 3 is 2.15 bits per heavy atom. The van der Waals surface area contributed by atoms with Gasteiger partial charge in [0.15, 0.2) is 11.5 Å². The molecule has 5 rings (SSSR count). The van der Waals surface area contributed by atoms with Crippen LogP contribution in [-0.4, -0.2) is 67.4 Å². The molecule has 4 aromatic rings. The van der Waals surface area contributed by atoms with Gasteiger partial charge in [-0.1, -0.05) is 12.1 Å². The monoisotopic (exact) mass is 529 g/mol. The normalized spacial score (nSPS) is 13.3. The highest BCUT2D eigenvalue weighted by atomic mass is 16.5. The summed E-state index contributed by atoms with van der Waals surface area (Å²) in [5.74, 6) is 2.40. The first-order chi connectivity index (χ1) is 18.8. The maximum absolute atomic E-state index is 9.60. The second-order valence-corrected chi connectivity index (χ2v) is 9.99. The van der Waals surface area contributed by atoms with Gasteiger partial charge in [0.05, 0.1) is 25.4 Å². The molecule has 9 heteroatoms. The lowest BCUT2D eigenvalue weighted by atomic mass is 10.0. The third-order valence-electron chi connectivity index (χ3n) is 6.22. The Labute approximate surface area is 229 Å². The Balaban J connectivity index is 0.000000448. The van der Waals surface area contributed by atoms with Crippen LogP contribution in [0.4, 0.5) is 5.82 Å². The van der Waals surface area contributed by atoms with Crippen LogP contribution < -0.4 is 19.7 Å². The minimum absolute atomic E-state index is 0.318. The zero-order chi connectivity index (χ0) is 27.8. The summed E-state index contributed by atoms with van der Waals surface area (Å²) in [5, 5.41) is 4.36. The fourth-order valence-electron chi connectivity index (χ4n) is 4.23. The number of methoxy groups -OCH3 is 2. The van der Waals surface area contributed by atoms with Gasteiger partial charge in [0.25, 0.3) is 6.47 Å². The Hall–Kier alpha value is -4.24. The first-order valence-corrected chi connectivity index (χ1v) is 12.8. The van der Waals surface area contributed by atoms with Crippen molar-refractivity contribution in [3.63, 3.8) is 0 Å². The molecular formula is C30H35N5O4. The average molecular weight is 530 g/mol. The molecule has 1 N–H and O–H groups in total. The minimum atomic E-state index is -0.318. The van der Waals surface area contributed by atoms with Gasteiger partial charge in [0, 0.05) is 43.3 Å². The second kappa shape index (κ2) is 12.5. The first kappa shape index (κ1) is 27.8. The summed E-state index contributed by atoms with van der Waals surface area (Å²) in [4.78, 5) is 25.7. The van der Waals surface area contributed by atoms with Crippen LogP contribution in [0.3, 0.4) is 0 Å². The quantitative estimate of drug-likeness (QED) is 0.355. The lowest BCUT2D eigenvalue weighted by Crippen LogP contribution is -2.43. The van der Waals surface area contributed by atoms with Crippen LogP contribution >= 0.6 is 0 Å². The zero-order valence-electron chi connectivity index (χ0n) is 23.1. The summed E-state index contributed by atoms with van der Waals surface area (Å²) >= 11 is 0. The third kappa shape index (κ3) is 7.00. The molecule has 1 aliphatic rings. The molecular weight excluding hydrogens is 494 g/mol. The van der Waals surface area contributed by atoms with E-state index in [0.717, 1.165) is 65.3 Å². The molecule has 0 saturated carbocycles. The van der Waals surface area contributed by atoms with E-state index in [-0.39, 0.29) is 5.60 Å². The molecule has 0 unspecified atom stereocenters. The van der Waals surface area contributed by atoms with Gasteiger partial charge < -0.3 is 24.4 Å². The summed E-state index contributed by atoms with van der Waals surface area (Å²) in [7, 11) is 3.28. The number of aromatic nitrogens is 3. The van der Waals surface area contributed by atoms with Crippen LogP contribution in [0.25, 0.3) is 33.3 Å². The van der Waals surface area contributed by atoms with Gasteiger partial charge in [-0.25, -0.2) is 15.0 Å². The molecule has 2 aromatic heterocycles. The summed E-state index contributed by atoms with van der Waals surface area (Å²) in [6.45, 7) is 9.83. The van der Waals surface area contributed by atoms with E-state index < -0.39 is 0 Å². The molecule has 2 aromatic carbocycles. The highest BCUT2D eigenvalue weighted by molar-refractivity contribution is 5.95.